The molecule has 1 aromatic carbocycles. The second-order valence-electron chi connectivity index (χ2n) is 5.15. The second kappa shape index (κ2) is 5.44. The molecule has 2 aromatic rings. The standard InChI is InChI=1S/C15H18N2O2S2/c1-2-12-6-7-15(20-12)21(18,19)17-9-8-13-11(10-17)4-3-5-14(13)16/h3-7H,2,8-10,16H2,1H3. The van der Waals surface area contributed by atoms with E-state index in [1.807, 2.05) is 31.2 Å². The molecule has 0 bridgehead atoms. The van der Waals surface area contributed by atoms with Gasteiger partial charge in [-0.3, -0.25) is 0 Å². The van der Waals surface area contributed by atoms with Crippen LogP contribution in [0, 0.1) is 0 Å². The van der Waals surface area contributed by atoms with Crippen molar-refractivity contribution in [3.05, 3.63) is 46.3 Å². The van der Waals surface area contributed by atoms with Crippen LogP contribution in [-0.4, -0.2) is 19.3 Å². The zero-order chi connectivity index (χ0) is 15.0. The molecule has 0 radical (unpaired) electrons. The molecule has 0 amide bonds. The highest BCUT2D eigenvalue weighted by Crippen LogP contribution is 2.30. The van der Waals surface area contributed by atoms with Crippen molar-refractivity contribution >= 4 is 27.0 Å². The van der Waals surface area contributed by atoms with Crippen LogP contribution in [0.3, 0.4) is 0 Å². The van der Waals surface area contributed by atoms with Crippen LogP contribution in [0.15, 0.2) is 34.5 Å². The molecule has 0 fully saturated rings. The van der Waals surface area contributed by atoms with Gasteiger partial charge in [-0.1, -0.05) is 19.1 Å². The van der Waals surface area contributed by atoms with Crippen LogP contribution in [0.25, 0.3) is 0 Å². The molecule has 112 valence electrons. The Hall–Kier alpha value is -1.37. The third-order valence-electron chi connectivity index (χ3n) is 3.85. The lowest BCUT2D eigenvalue weighted by Crippen LogP contribution is -2.35. The molecule has 0 atom stereocenters. The fraction of sp³-hybridized carbons (Fsp3) is 0.333. The van der Waals surface area contributed by atoms with Gasteiger partial charge in [-0.05, 0) is 42.2 Å². The summed E-state index contributed by atoms with van der Waals surface area (Å²) in [5.74, 6) is 0. The van der Waals surface area contributed by atoms with Gasteiger partial charge in [0.25, 0.3) is 10.0 Å². The number of thiophene rings is 1. The van der Waals surface area contributed by atoms with E-state index in [4.69, 9.17) is 5.73 Å². The van der Waals surface area contributed by atoms with Crippen molar-refractivity contribution in [3.8, 4) is 0 Å². The maximum absolute atomic E-state index is 12.7. The molecule has 2 heterocycles. The zero-order valence-electron chi connectivity index (χ0n) is 11.9. The molecule has 0 spiro atoms. The third kappa shape index (κ3) is 2.59. The Kier molecular flexibility index (Phi) is 3.77. The predicted octanol–water partition coefficient (Wildman–Crippen LogP) is 2.64. The maximum atomic E-state index is 12.7. The maximum Gasteiger partial charge on any atom is 0.252 e. The minimum atomic E-state index is -3.40. The van der Waals surface area contributed by atoms with Crippen LogP contribution in [0.1, 0.15) is 22.9 Å². The van der Waals surface area contributed by atoms with Crippen molar-refractivity contribution in [2.75, 3.05) is 12.3 Å². The van der Waals surface area contributed by atoms with Crippen molar-refractivity contribution in [2.24, 2.45) is 0 Å². The average molecular weight is 322 g/mol. The number of aryl methyl sites for hydroxylation is 1. The molecule has 3 rings (SSSR count). The molecule has 1 aliphatic rings. The molecule has 21 heavy (non-hydrogen) atoms. The van der Waals surface area contributed by atoms with Gasteiger partial charge in [0, 0.05) is 23.7 Å². The minimum Gasteiger partial charge on any atom is -0.398 e. The van der Waals surface area contributed by atoms with E-state index in [-0.39, 0.29) is 0 Å². The van der Waals surface area contributed by atoms with Crippen LogP contribution in [0.5, 0.6) is 0 Å². The molecule has 6 heteroatoms. The lowest BCUT2D eigenvalue weighted by atomic mass is 9.99. The van der Waals surface area contributed by atoms with Gasteiger partial charge in [-0.25, -0.2) is 8.42 Å². The number of hydrogen-bond donors (Lipinski definition) is 1. The lowest BCUT2D eigenvalue weighted by molar-refractivity contribution is 0.393. The summed E-state index contributed by atoms with van der Waals surface area (Å²) in [6.45, 7) is 2.92. The van der Waals surface area contributed by atoms with Gasteiger partial charge in [0.2, 0.25) is 0 Å². The number of fused-ring (bicyclic) bond motifs is 1. The summed E-state index contributed by atoms with van der Waals surface area (Å²) >= 11 is 1.36. The van der Waals surface area contributed by atoms with Gasteiger partial charge in [0.15, 0.2) is 0 Å². The molecular formula is C15H18N2O2S2. The fourth-order valence-electron chi connectivity index (χ4n) is 2.63. The first kappa shape index (κ1) is 14.6. The van der Waals surface area contributed by atoms with E-state index in [1.165, 1.54) is 11.3 Å². The van der Waals surface area contributed by atoms with Crippen molar-refractivity contribution in [2.45, 2.75) is 30.5 Å². The SMILES string of the molecule is CCc1ccc(S(=O)(=O)N2CCc3c(N)cccc3C2)s1. The number of hydrogen-bond acceptors (Lipinski definition) is 4. The van der Waals surface area contributed by atoms with Crippen LogP contribution in [0.2, 0.25) is 0 Å². The van der Waals surface area contributed by atoms with E-state index in [0.29, 0.717) is 23.7 Å². The highest BCUT2D eigenvalue weighted by atomic mass is 32.2. The summed E-state index contributed by atoms with van der Waals surface area (Å²) < 4.78 is 27.4. The number of nitrogens with two attached hydrogens (primary N) is 1. The molecular weight excluding hydrogens is 304 g/mol. The van der Waals surface area contributed by atoms with E-state index in [0.717, 1.165) is 28.1 Å². The summed E-state index contributed by atoms with van der Waals surface area (Å²) in [4.78, 5) is 1.09. The fourth-order valence-corrected chi connectivity index (χ4v) is 5.50. The van der Waals surface area contributed by atoms with E-state index >= 15 is 0 Å². The topological polar surface area (TPSA) is 63.4 Å². The second-order valence-corrected chi connectivity index (χ2v) is 8.48. The van der Waals surface area contributed by atoms with Crippen molar-refractivity contribution in [1.82, 2.24) is 4.31 Å². The van der Waals surface area contributed by atoms with Crippen LogP contribution in [-0.2, 0) is 29.4 Å². The largest absolute Gasteiger partial charge is 0.398 e. The molecule has 2 N–H and O–H groups in total. The van der Waals surface area contributed by atoms with Gasteiger partial charge in [0.1, 0.15) is 4.21 Å². The number of sulfonamides is 1. The number of rotatable bonds is 3. The van der Waals surface area contributed by atoms with Gasteiger partial charge < -0.3 is 5.73 Å². The van der Waals surface area contributed by atoms with Crippen LogP contribution < -0.4 is 5.73 Å². The highest BCUT2D eigenvalue weighted by molar-refractivity contribution is 7.91. The molecule has 0 saturated heterocycles. The van der Waals surface area contributed by atoms with Gasteiger partial charge in [0.05, 0.1) is 0 Å². The highest BCUT2D eigenvalue weighted by Gasteiger charge is 2.29. The van der Waals surface area contributed by atoms with Gasteiger partial charge in [-0.2, -0.15) is 4.31 Å². The summed E-state index contributed by atoms with van der Waals surface area (Å²) in [6.07, 6.45) is 1.53. The Bertz CT molecular complexity index is 766. The Labute approximate surface area is 129 Å². The van der Waals surface area contributed by atoms with E-state index in [1.54, 1.807) is 10.4 Å². The smallest absolute Gasteiger partial charge is 0.252 e. The Morgan fingerprint density at radius 1 is 1.29 bits per heavy atom. The average Bonchev–Trinajstić information content (AvgIpc) is 2.97. The Morgan fingerprint density at radius 2 is 2.10 bits per heavy atom. The normalized spacial score (nSPS) is 15.9. The van der Waals surface area contributed by atoms with E-state index < -0.39 is 10.0 Å². The number of benzene rings is 1. The molecule has 1 aliphatic heterocycles. The third-order valence-corrected chi connectivity index (χ3v) is 7.39. The quantitative estimate of drug-likeness (QED) is 0.884. The van der Waals surface area contributed by atoms with Crippen molar-refractivity contribution < 1.29 is 8.42 Å². The minimum absolute atomic E-state index is 0.405. The molecule has 0 aliphatic carbocycles. The summed E-state index contributed by atoms with van der Waals surface area (Å²) in [5, 5.41) is 0. The Balaban J connectivity index is 1.91. The molecule has 4 nitrogen and oxygen atoms in total. The van der Waals surface area contributed by atoms with E-state index in [9.17, 15) is 8.42 Å². The predicted molar refractivity (Wildman–Crippen MR) is 85.9 cm³/mol. The number of nitrogens with zero attached hydrogens (tertiary/aromatic N) is 1. The van der Waals surface area contributed by atoms with Gasteiger partial charge >= 0.3 is 0 Å². The summed E-state index contributed by atoms with van der Waals surface area (Å²) in [6, 6.07) is 9.32. The summed E-state index contributed by atoms with van der Waals surface area (Å²) in [7, 11) is -3.40. The van der Waals surface area contributed by atoms with Crippen molar-refractivity contribution in [1.29, 1.82) is 0 Å². The monoisotopic (exact) mass is 322 g/mol. The lowest BCUT2D eigenvalue weighted by Gasteiger charge is -2.28. The zero-order valence-corrected chi connectivity index (χ0v) is 13.5. The molecule has 1 aromatic heterocycles. The first-order chi connectivity index (χ1) is 10.0. The number of nitrogen functional groups attached to an aromatic ring is 1. The van der Waals surface area contributed by atoms with Crippen LogP contribution >= 0.6 is 11.3 Å². The number of anilines is 1. The molecule has 0 saturated carbocycles. The van der Waals surface area contributed by atoms with E-state index in [2.05, 4.69) is 0 Å². The van der Waals surface area contributed by atoms with Gasteiger partial charge in [-0.15, -0.1) is 11.3 Å². The van der Waals surface area contributed by atoms with Crippen LogP contribution in [0.4, 0.5) is 5.69 Å². The molecule has 0 unspecified atom stereocenters. The summed E-state index contributed by atoms with van der Waals surface area (Å²) in [5.41, 5.74) is 8.82. The first-order valence-corrected chi connectivity index (χ1v) is 9.23. The van der Waals surface area contributed by atoms with Crippen molar-refractivity contribution in [3.63, 3.8) is 0 Å². The first-order valence-electron chi connectivity index (χ1n) is 6.97. The Morgan fingerprint density at radius 3 is 2.81 bits per heavy atom.